The number of hydrogen-bond acceptors (Lipinski definition) is 3. The van der Waals surface area contributed by atoms with Crippen LogP contribution in [0, 0.1) is 0 Å². The molecule has 6 heteroatoms. The van der Waals surface area contributed by atoms with Crippen LogP contribution < -0.4 is 5.32 Å². The van der Waals surface area contributed by atoms with Crippen LogP contribution in [0.25, 0.3) is 16.9 Å². The summed E-state index contributed by atoms with van der Waals surface area (Å²) in [6.07, 6.45) is 4.02. The minimum absolute atomic E-state index is 0.0550. The molecule has 1 saturated carbocycles. The van der Waals surface area contributed by atoms with Crippen LogP contribution >= 0.6 is 23.4 Å². The third-order valence-corrected chi connectivity index (χ3v) is 5.33. The molecule has 0 atom stereocenters. The van der Waals surface area contributed by atoms with Crippen molar-refractivity contribution in [2.45, 2.75) is 24.0 Å². The number of nitrogens with zero attached hydrogens (tertiary/aromatic N) is 2. The number of hydrogen-bond donors (Lipinski definition) is 1. The highest BCUT2D eigenvalue weighted by atomic mass is 35.5. The van der Waals surface area contributed by atoms with E-state index in [1.165, 1.54) is 11.8 Å². The maximum absolute atomic E-state index is 12.1. The second-order valence-electron chi connectivity index (χ2n) is 6.24. The molecule has 132 valence electrons. The molecular formula is C20H18ClN3OS. The van der Waals surface area contributed by atoms with E-state index in [0.29, 0.717) is 16.8 Å². The fourth-order valence-electron chi connectivity index (χ4n) is 2.74. The van der Waals surface area contributed by atoms with Crippen molar-refractivity contribution in [3.8, 4) is 16.9 Å². The van der Waals surface area contributed by atoms with Crippen LogP contribution in [-0.2, 0) is 4.79 Å². The molecule has 26 heavy (non-hydrogen) atoms. The number of carbonyl (C=O) groups excluding carboxylic acids is 1. The minimum atomic E-state index is 0.0550. The highest BCUT2D eigenvalue weighted by molar-refractivity contribution is 7.99. The predicted molar refractivity (Wildman–Crippen MR) is 106 cm³/mol. The summed E-state index contributed by atoms with van der Waals surface area (Å²) in [5, 5.41) is 4.45. The molecule has 3 aromatic rings. The molecule has 0 unspecified atom stereocenters. The highest BCUT2D eigenvalue weighted by Gasteiger charge is 2.23. The van der Waals surface area contributed by atoms with Crippen molar-refractivity contribution in [3.63, 3.8) is 0 Å². The van der Waals surface area contributed by atoms with E-state index in [4.69, 9.17) is 11.6 Å². The van der Waals surface area contributed by atoms with Gasteiger partial charge in [0.25, 0.3) is 0 Å². The van der Waals surface area contributed by atoms with Crippen molar-refractivity contribution in [3.05, 3.63) is 65.8 Å². The number of benzene rings is 2. The van der Waals surface area contributed by atoms with Gasteiger partial charge in [0.15, 0.2) is 5.16 Å². The Morgan fingerprint density at radius 1 is 1.19 bits per heavy atom. The van der Waals surface area contributed by atoms with Gasteiger partial charge < -0.3 is 5.32 Å². The van der Waals surface area contributed by atoms with Crippen LogP contribution in [0.3, 0.4) is 0 Å². The van der Waals surface area contributed by atoms with E-state index in [9.17, 15) is 4.79 Å². The van der Waals surface area contributed by atoms with Crippen LogP contribution in [-0.4, -0.2) is 27.3 Å². The van der Waals surface area contributed by atoms with Crippen molar-refractivity contribution < 1.29 is 4.79 Å². The summed E-state index contributed by atoms with van der Waals surface area (Å²) in [5.41, 5.74) is 2.96. The summed E-state index contributed by atoms with van der Waals surface area (Å²) in [4.78, 5) is 16.6. The molecule has 1 aliphatic carbocycles. The Labute approximate surface area is 161 Å². The van der Waals surface area contributed by atoms with Gasteiger partial charge in [0.2, 0.25) is 5.91 Å². The Hall–Kier alpha value is -2.24. The Balaban J connectivity index is 1.67. The van der Waals surface area contributed by atoms with Gasteiger partial charge in [0.1, 0.15) is 0 Å². The third-order valence-electron chi connectivity index (χ3n) is 4.14. The van der Waals surface area contributed by atoms with Gasteiger partial charge in [-0.15, -0.1) is 0 Å². The van der Waals surface area contributed by atoms with E-state index < -0.39 is 0 Å². The average Bonchev–Trinajstić information content (AvgIpc) is 3.36. The Kier molecular flexibility index (Phi) is 5.00. The van der Waals surface area contributed by atoms with E-state index in [2.05, 4.69) is 14.9 Å². The molecule has 2 aromatic carbocycles. The summed E-state index contributed by atoms with van der Waals surface area (Å²) in [6.45, 7) is 0. The molecule has 1 N–H and O–H groups in total. The first-order valence-electron chi connectivity index (χ1n) is 8.52. The smallest absolute Gasteiger partial charge is 0.230 e. The largest absolute Gasteiger partial charge is 0.353 e. The second kappa shape index (κ2) is 7.56. The fourth-order valence-corrected chi connectivity index (χ4v) is 3.73. The van der Waals surface area contributed by atoms with Crippen molar-refractivity contribution >= 4 is 29.3 Å². The molecule has 1 amide bonds. The number of carbonyl (C=O) groups is 1. The van der Waals surface area contributed by atoms with Gasteiger partial charge in [0, 0.05) is 22.3 Å². The summed E-state index contributed by atoms with van der Waals surface area (Å²) < 4.78 is 2.05. The molecule has 1 aliphatic rings. The Morgan fingerprint density at radius 2 is 2.00 bits per heavy atom. The number of rotatable bonds is 6. The highest BCUT2D eigenvalue weighted by Crippen LogP contribution is 2.30. The van der Waals surface area contributed by atoms with Crippen LogP contribution in [0.2, 0.25) is 5.02 Å². The van der Waals surface area contributed by atoms with Crippen LogP contribution in [0.1, 0.15) is 12.8 Å². The van der Waals surface area contributed by atoms with E-state index in [1.54, 1.807) is 0 Å². The zero-order chi connectivity index (χ0) is 17.9. The fraction of sp³-hybridized carbons (Fsp3) is 0.200. The molecule has 1 aromatic heterocycles. The minimum Gasteiger partial charge on any atom is -0.353 e. The Morgan fingerprint density at radius 3 is 2.73 bits per heavy atom. The quantitative estimate of drug-likeness (QED) is 0.634. The standard InChI is InChI=1S/C20H18ClN3OS/c21-15-7-4-8-17(11-15)24-18(14-5-2-1-3-6-14)12-22-20(24)26-13-19(25)23-16-9-10-16/h1-8,11-12,16H,9-10,13H2,(H,23,25). The van der Waals surface area contributed by atoms with E-state index in [-0.39, 0.29) is 5.91 Å². The molecule has 0 spiro atoms. The third kappa shape index (κ3) is 3.94. The molecule has 0 bridgehead atoms. The summed E-state index contributed by atoms with van der Waals surface area (Å²) in [5.74, 6) is 0.405. The van der Waals surface area contributed by atoms with Crippen molar-refractivity contribution in [2.75, 3.05) is 5.75 Å². The number of imidazole rings is 1. The number of halogens is 1. The van der Waals surface area contributed by atoms with Gasteiger partial charge in [-0.1, -0.05) is 59.8 Å². The first-order valence-corrected chi connectivity index (χ1v) is 9.88. The lowest BCUT2D eigenvalue weighted by atomic mass is 10.1. The number of amides is 1. The molecule has 4 nitrogen and oxygen atoms in total. The first-order chi connectivity index (χ1) is 12.7. The normalized spacial score (nSPS) is 13.6. The van der Waals surface area contributed by atoms with E-state index in [1.807, 2.05) is 60.8 Å². The van der Waals surface area contributed by atoms with Crippen molar-refractivity contribution in [2.24, 2.45) is 0 Å². The molecular weight excluding hydrogens is 366 g/mol. The van der Waals surface area contributed by atoms with Crippen LogP contribution in [0.5, 0.6) is 0 Å². The van der Waals surface area contributed by atoms with Crippen LogP contribution in [0.15, 0.2) is 66.0 Å². The SMILES string of the molecule is O=C(CSc1ncc(-c2ccccc2)n1-c1cccc(Cl)c1)NC1CC1. The first kappa shape index (κ1) is 17.2. The monoisotopic (exact) mass is 383 g/mol. The maximum Gasteiger partial charge on any atom is 0.230 e. The van der Waals surface area contributed by atoms with Gasteiger partial charge in [-0.25, -0.2) is 4.98 Å². The van der Waals surface area contributed by atoms with Gasteiger partial charge in [-0.3, -0.25) is 9.36 Å². The zero-order valence-electron chi connectivity index (χ0n) is 14.1. The van der Waals surface area contributed by atoms with Crippen molar-refractivity contribution in [1.82, 2.24) is 14.9 Å². The number of aromatic nitrogens is 2. The summed E-state index contributed by atoms with van der Waals surface area (Å²) >= 11 is 7.64. The molecule has 0 radical (unpaired) electrons. The lowest BCUT2D eigenvalue weighted by Crippen LogP contribution is -2.27. The average molecular weight is 384 g/mol. The Bertz CT molecular complexity index is 922. The van der Waals surface area contributed by atoms with Gasteiger partial charge in [-0.2, -0.15) is 0 Å². The molecule has 0 saturated heterocycles. The number of thioether (sulfide) groups is 1. The molecule has 1 fully saturated rings. The van der Waals surface area contributed by atoms with Crippen molar-refractivity contribution in [1.29, 1.82) is 0 Å². The molecule has 4 rings (SSSR count). The van der Waals surface area contributed by atoms with Gasteiger partial charge in [0.05, 0.1) is 17.6 Å². The van der Waals surface area contributed by atoms with Gasteiger partial charge >= 0.3 is 0 Å². The lowest BCUT2D eigenvalue weighted by Gasteiger charge is -2.12. The topological polar surface area (TPSA) is 46.9 Å². The molecule has 1 heterocycles. The molecule has 0 aliphatic heterocycles. The lowest BCUT2D eigenvalue weighted by molar-refractivity contribution is -0.118. The zero-order valence-corrected chi connectivity index (χ0v) is 15.6. The second-order valence-corrected chi connectivity index (χ2v) is 7.62. The van der Waals surface area contributed by atoms with Gasteiger partial charge in [-0.05, 0) is 31.0 Å². The predicted octanol–water partition coefficient (Wildman–Crippen LogP) is 4.56. The summed E-state index contributed by atoms with van der Waals surface area (Å²) in [6, 6.07) is 18.1. The maximum atomic E-state index is 12.1. The van der Waals surface area contributed by atoms with E-state index >= 15 is 0 Å². The van der Waals surface area contributed by atoms with Crippen LogP contribution in [0.4, 0.5) is 0 Å². The summed E-state index contributed by atoms with van der Waals surface area (Å²) in [7, 11) is 0. The number of nitrogens with one attached hydrogen (secondary N) is 1. The van der Waals surface area contributed by atoms with E-state index in [0.717, 1.165) is 34.9 Å².